The van der Waals surface area contributed by atoms with Crippen LogP contribution in [0.15, 0.2) is 24.3 Å². The number of aryl methyl sites for hydroxylation is 1. The second kappa shape index (κ2) is 6.91. The first kappa shape index (κ1) is 13.5. The van der Waals surface area contributed by atoms with Crippen LogP contribution in [-0.4, -0.2) is 30.3 Å². The SMILES string of the molecule is CCc1ccc(OCC(=O)N[C@@H](C)CO)cc1. The highest BCUT2D eigenvalue weighted by Gasteiger charge is 2.06. The lowest BCUT2D eigenvalue weighted by atomic mass is 10.2. The Balaban J connectivity index is 2.36. The van der Waals surface area contributed by atoms with Gasteiger partial charge in [-0.25, -0.2) is 0 Å². The molecule has 0 fully saturated rings. The number of rotatable bonds is 6. The molecule has 0 aromatic heterocycles. The highest BCUT2D eigenvalue weighted by molar-refractivity contribution is 5.77. The average Bonchev–Trinajstić information content (AvgIpc) is 2.36. The Labute approximate surface area is 102 Å². The molecule has 1 aromatic rings. The highest BCUT2D eigenvalue weighted by Crippen LogP contribution is 2.12. The number of carbonyl (C=O) groups excluding carboxylic acids is 1. The van der Waals surface area contributed by atoms with E-state index >= 15 is 0 Å². The van der Waals surface area contributed by atoms with Gasteiger partial charge in [0.15, 0.2) is 6.61 Å². The van der Waals surface area contributed by atoms with Crippen LogP contribution in [0.2, 0.25) is 0 Å². The Morgan fingerprint density at radius 3 is 2.59 bits per heavy atom. The van der Waals surface area contributed by atoms with Crippen molar-refractivity contribution in [1.82, 2.24) is 5.32 Å². The molecule has 0 heterocycles. The molecular weight excluding hydrogens is 218 g/mol. The van der Waals surface area contributed by atoms with Gasteiger partial charge in [-0.3, -0.25) is 4.79 Å². The summed E-state index contributed by atoms with van der Waals surface area (Å²) in [6.45, 7) is 3.71. The molecule has 4 heteroatoms. The first-order valence-corrected chi connectivity index (χ1v) is 5.77. The van der Waals surface area contributed by atoms with Crippen LogP contribution in [0.1, 0.15) is 19.4 Å². The number of hydrogen-bond acceptors (Lipinski definition) is 3. The van der Waals surface area contributed by atoms with Gasteiger partial charge in [0.1, 0.15) is 5.75 Å². The lowest BCUT2D eigenvalue weighted by Crippen LogP contribution is -2.38. The Morgan fingerprint density at radius 2 is 2.06 bits per heavy atom. The zero-order valence-corrected chi connectivity index (χ0v) is 10.3. The Kier molecular flexibility index (Phi) is 5.49. The average molecular weight is 237 g/mol. The predicted octanol–water partition coefficient (Wildman–Crippen LogP) is 1.12. The van der Waals surface area contributed by atoms with Gasteiger partial charge in [-0.2, -0.15) is 0 Å². The highest BCUT2D eigenvalue weighted by atomic mass is 16.5. The van der Waals surface area contributed by atoms with Crippen molar-refractivity contribution in [2.24, 2.45) is 0 Å². The second-order valence-corrected chi connectivity index (χ2v) is 3.94. The molecular formula is C13H19NO3. The minimum absolute atomic E-state index is 0.0319. The summed E-state index contributed by atoms with van der Waals surface area (Å²) in [5, 5.41) is 11.4. The van der Waals surface area contributed by atoms with Crippen LogP contribution in [0.5, 0.6) is 5.75 Å². The fourth-order valence-corrected chi connectivity index (χ4v) is 1.33. The van der Waals surface area contributed by atoms with E-state index in [0.29, 0.717) is 5.75 Å². The van der Waals surface area contributed by atoms with Gasteiger partial charge in [0.25, 0.3) is 5.91 Å². The Morgan fingerprint density at radius 1 is 1.41 bits per heavy atom. The first-order valence-electron chi connectivity index (χ1n) is 5.77. The van der Waals surface area contributed by atoms with E-state index in [1.165, 1.54) is 5.56 Å². The van der Waals surface area contributed by atoms with Gasteiger partial charge in [-0.1, -0.05) is 19.1 Å². The summed E-state index contributed by atoms with van der Waals surface area (Å²) in [6, 6.07) is 7.41. The van der Waals surface area contributed by atoms with Crippen LogP contribution in [0.25, 0.3) is 0 Å². The molecule has 0 aliphatic heterocycles. The molecule has 1 aromatic carbocycles. The van der Waals surface area contributed by atoms with Gasteiger partial charge in [-0.15, -0.1) is 0 Å². The molecule has 0 aliphatic carbocycles. The fraction of sp³-hybridized carbons (Fsp3) is 0.462. The molecule has 2 N–H and O–H groups in total. The van der Waals surface area contributed by atoms with Gasteiger partial charge in [0.2, 0.25) is 0 Å². The predicted molar refractivity (Wildman–Crippen MR) is 66.0 cm³/mol. The number of nitrogens with one attached hydrogen (secondary N) is 1. The molecule has 0 spiro atoms. The summed E-state index contributed by atoms with van der Waals surface area (Å²) in [5.74, 6) is 0.445. The van der Waals surface area contributed by atoms with Gasteiger partial charge in [0, 0.05) is 6.04 Å². The van der Waals surface area contributed by atoms with Crippen molar-refractivity contribution >= 4 is 5.91 Å². The summed E-state index contributed by atoms with van der Waals surface area (Å²) in [6.07, 6.45) is 0.981. The number of hydrogen-bond donors (Lipinski definition) is 2. The number of aliphatic hydroxyl groups is 1. The fourth-order valence-electron chi connectivity index (χ4n) is 1.33. The summed E-state index contributed by atoms with van der Waals surface area (Å²) in [7, 11) is 0. The molecule has 1 rings (SSSR count). The maximum Gasteiger partial charge on any atom is 0.258 e. The number of amides is 1. The molecule has 0 aliphatic rings. The van der Waals surface area contributed by atoms with Crippen molar-refractivity contribution in [2.45, 2.75) is 26.3 Å². The van der Waals surface area contributed by atoms with Gasteiger partial charge in [-0.05, 0) is 31.0 Å². The van der Waals surface area contributed by atoms with E-state index in [2.05, 4.69) is 12.2 Å². The van der Waals surface area contributed by atoms with Gasteiger partial charge < -0.3 is 15.2 Å². The summed E-state index contributed by atoms with van der Waals surface area (Å²) in [5.41, 5.74) is 1.23. The van der Waals surface area contributed by atoms with Crippen LogP contribution >= 0.6 is 0 Å². The minimum Gasteiger partial charge on any atom is -0.484 e. The van der Waals surface area contributed by atoms with Crippen LogP contribution in [-0.2, 0) is 11.2 Å². The zero-order valence-electron chi connectivity index (χ0n) is 10.3. The van der Waals surface area contributed by atoms with Crippen molar-refractivity contribution in [3.8, 4) is 5.75 Å². The molecule has 0 unspecified atom stereocenters. The Bertz CT molecular complexity index is 348. The van der Waals surface area contributed by atoms with Crippen molar-refractivity contribution in [3.63, 3.8) is 0 Å². The van der Waals surface area contributed by atoms with Crippen LogP contribution in [0.4, 0.5) is 0 Å². The molecule has 94 valence electrons. The molecule has 4 nitrogen and oxygen atoms in total. The van der Waals surface area contributed by atoms with E-state index in [1.807, 2.05) is 24.3 Å². The number of benzene rings is 1. The third-order valence-electron chi connectivity index (χ3n) is 2.38. The summed E-state index contributed by atoms with van der Waals surface area (Å²) >= 11 is 0. The summed E-state index contributed by atoms with van der Waals surface area (Å²) < 4.78 is 5.32. The minimum atomic E-state index is -0.242. The van der Waals surface area contributed by atoms with E-state index in [4.69, 9.17) is 9.84 Å². The molecule has 0 saturated carbocycles. The first-order chi connectivity index (χ1) is 8.15. The van der Waals surface area contributed by atoms with Crippen molar-refractivity contribution in [3.05, 3.63) is 29.8 Å². The van der Waals surface area contributed by atoms with Crippen LogP contribution in [0.3, 0.4) is 0 Å². The number of carbonyl (C=O) groups is 1. The molecule has 1 amide bonds. The van der Waals surface area contributed by atoms with E-state index in [1.54, 1.807) is 6.92 Å². The molecule has 0 saturated heterocycles. The topological polar surface area (TPSA) is 58.6 Å². The lowest BCUT2D eigenvalue weighted by Gasteiger charge is -2.11. The van der Waals surface area contributed by atoms with Crippen LogP contribution in [0, 0.1) is 0 Å². The number of aliphatic hydroxyl groups excluding tert-OH is 1. The van der Waals surface area contributed by atoms with Crippen molar-refractivity contribution in [1.29, 1.82) is 0 Å². The third-order valence-corrected chi connectivity index (χ3v) is 2.38. The maximum atomic E-state index is 11.4. The lowest BCUT2D eigenvalue weighted by molar-refractivity contribution is -0.123. The van der Waals surface area contributed by atoms with E-state index in [0.717, 1.165) is 6.42 Å². The molecule has 17 heavy (non-hydrogen) atoms. The van der Waals surface area contributed by atoms with E-state index < -0.39 is 0 Å². The summed E-state index contributed by atoms with van der Waals surface area (Å²) in [4.78, 5) is 11.4. The van der Waals surface area contributed by atoms with Gasteiger partial charge in [0.05, 0.1) is 6.61 Å². The molecule has 1 atom stereocenters. The second-order valence-electron chi connectivity index (χ2n) is 3.94. The number of ether oxygens (including phenoxy) is 1. The maximum absolute atomic E-state index is 11.4. The normalized spacial score (nSPS) is 11.9. The smallest absolute Gasteiger partial charge is 0.258 e. The molecule has 0 radical (unpaired) electrons. The van der Waals surface area contributed by atoms with E-state index in [9.17, 15) is 4.79 Å². The molecule has 0 bridgehead atoms. The monoisotopic (exact) mass is 237 g/mol. The largest absolute Gasteiger partial charge is 0.484 e. The zero-order chi connectivity index (χ0) is 12.7. The Hall–Kier alpha value is -1.55. The van der Waals surface area contributed by atoms with Crippen molar-refractivity contribution < 1.29 is 14.6 Å². The van der Waals surface area contributed by atoms with Crippen molar-refractivity contribution in [2.75, 3.05) is 13.2 Å². The standard InChI is InChI=1S/C13H19NO3/c1-3-11-4-6-12(7-5-11)17-9-13(16)14-10(2)8-15/h4-7,10,15H,3,8-9H2,1-2H3,(H,14,16)/t10-/m0/s1. The van der Waals surface area contributed by atoms with Gasteiger partial charge >= 0.3 is 0 Å². The van der Waals surface area contributed by atoms with E-state index in [-0.39, 0.29) is 25.2 Å². The third kappa shape index (κ3) is 4.87. The van der Waals surface area contributed by atoms with Crippen LogP contribution < -0.4 is 10.1 Å². The quantitative estimate of drug-likeness (QED) is 0.779.